The van der Waals surface area contributed by atoms with Crippen molar-refractivity contribution in [2.24, 2.45) is 0 Å². The van der Waals surface area contributed by atoms with Crippen molar-refractivity contribution in [2.45, 2.75) is 6.54 Å². The molecule has 0 aliphatic carbocycles. The summed E-state index contributed by atoms with van der Waals surface area (Å²) in [5.74, 6) is -0.0311. The highest BCUT2D eigenvalue weighted by molar-refractivity contribution is 5.93. The van der Waals surface area contributed by atoms with Crippen LogP contribution in [0.5, 0.6) is 0 Å². The van der Waals surface area contributed by atoms with Crippen LogP contribution in [0.25, 0.3) is 16.9 Å². The molecule has 6 nitrogen and oxygen atoms in total. The second-order valence-corrected chi connectivity index (χ2v) is 5.81. The molecule has 1 aromatic carbocycles. The lowest BCUT2D eigenvalue weighted by atomic mass is 10.2. The summed E-state index contributed by atoms with van der Waals surface area (Å²) in [5.41, 5.74) is 2.35. The molecule has 4 aromatic rings. The zero-order valence-electron chi connectivity index (χ0n) is 14.2. The third kappa shape index (κ3) is 3.62. The molecule has 7 heteroatoms. The van der Waals surface area contributed by atoms with Gasteiger partial charge >= 0.3 is 0 Å². The van der Waals surface area contributed by atoms with Gasteiger partial charge in [-0.05, 0) is 54.6 Å². The number of carbonyl (C=O) groups is 1. The van der Waals surface area contributed by atoms with Gasteiger partial charge in [-0.15, -0.1) is 0 Å². The van der Waals surface area contributed by atoms with Crippen molar-refractivity contribution in [3.63, 3.8) is 0 Å². The number of nitrogens with one attached hydrogen (secondary N) is 1. The summed E-state index contributed by atoms with van der Waals surface area (Å²) in [4.78, 5) is 16.6. The number of benzene rings is 1. The third-order valence-electron chi connectivity index (χ3n) is 3.97. The van der Waals surface area contributed by atoms with E-state index in [1.54, 1.807) is 59.7 Å². The van der Waals surface area contributed by atoms with Gasteiger partial charge in [-0.25, -0.2) is 9.07 Å². The molecule has 0 spiro atoms. The minimum Gasteiger partial charge on any atom is -0.467 e. The molecular formula is C20H15FN4O2. The first-order chi connectivity index (χ1) is 13.2. The molecular weight excluding hydrogens is 347 g/mol. The number of amides is 1. The van der Waals surface area contributed by atoms with E-state index in [1.165, 1.54) is 12.1 Å². The summed E-state index contributed by atoms with van der Waals surface area (Å²) >= 11 is 0. The molecule has 0 radical (unpaired) electrons. The lowest BCUT2D eigenvalue weighted by Gasteiger charge is -2.07. The molecule has 0 aliphatic rings. The summed E-state index contributed by atoms with van der Waals surface area (Å²) in [5, 5.41) is 7.18. The predicted octanol–water partition coefficient (Wildman–Crippen LogP) is 3.60. The highest BCUT2D eigenvalue weighted by Gasteiger charge is 2.17. The van der Waals surface area contributed by atoms with Gasteiger partial charge in [0, 0.05) is 18.0 Å². The molecule has 27 heavy (non-hydrogen) atoms. The Hall–Kier alpha value is -3.74. The summed E-state index contributed by atoms with van der Waals surface area (Å²) in [6.45, 7) is 0.261. The van der Waals surface area contributed by atoms with Gasteiger partial charge in [0.25, 0.3) is 5.91 Å². The Morgan fingerprint density at radius 2 is 2.00 bits per heavy atom. The van der Waals surface area contributed by atoms with E-state index >= 15 is 0 Å². The Bertz CT molecular complexity index is 1040. The Balaban J connectivity index is 1.69. The Labute approximate surface area is 154 Å². The normalized spacial score (nSPS) is 10.7. The summed E-state index contributed by atoms with van der Waals surface area (Å²) < 4.78 is 20.1. The third-order valence-corrected chi connectivity index (χ3v) is 3.97. The van der Waals surface area contributed by atoms with Gasteiger partial charge in [0.2, 0.25) is 0 Å². The van der Waals surface area contributed by atoms with Crippen LogP contribution in [0.1, 0.15) is 16.2 Å². The van der Waals surface area contributed by atoms with Gasteiger partial charge in [0.15, 0.2) is 5.69 Å². The SMILES string of the molecule is O=C(NCc1ccco1)c1cc(-c2cccnc2)n(-c2ccc(F)cc2)n1. The number of halogens is 1. The number of aromatic nitrogens is 3. The molecule has 4 rings (SSSR count). The van der Waals surface area contributed by atoms with Crippen LogP contribution in [0, 0.1) is 5.82 Å². The molecule has 134 valence electrons. The van der Waals surface area contributed by atoms with E-state index in [2.05, 4.69) is 15.4 Å². The highest BCUT2D eigenvalue weighted by atomic mass is 19.1. The van der Waals surface area contributed by atoms with Crippen LogP contribution in [0.2, 0.25) is 0 Å². The lowest BCUT2D eigenvalue weighted by Crippen LogP contribution is -2.23. The van der Waals surface area contributed by atoms with Crippen molar-refractivity contribution in [3.8, 4) is 16.9 Å². The monoisotopic (exact) mass is 362 g/mol. The summed E-state index contributed by atoms with van der Waals surface area (Å²) in [6.07, 6.45) is 4.89. The molecule has 0 unspecified atom stereocenters. The molecule has 0 atom stereocenters. The van der Waals surface area contributed by atoms with E-state index in [0.717, 1.165) is 5.56 Å². The minimum atomic E-state index is -0.342. The van der Waals surface area contributed by atoms with Crippen molar-refractivity contribution in [1.82, 2.24) is 20.1 Å². The van der Waals surface area contributed by atoms with E-state index in [1.807, 2.05) is 6.07 Å². The van der Waals surface area contributed by atoms with Gasteiger partial charge < -0.3 is 9.73 Å². The van der Waals surface area contributed by atoms with Crippen LogP contribution in [0.15, 0.2) is 77.7 Å². The van der Waals surface area contributed by atoms with E-state index in [4.69, 9.17) is 4.42 Å². The van der Waals surface area contributed by atoms with Gasteiger partial charge in [-0.2, -0.15) is 5.10 Å². The summed E-state index contributed by atoms with van der Waals surface area (Å²) in [6, 6.07) is 14.8. The van der Waals surface area contributed by atoms with Crippen LogP contribution in [-0.4, -0.2) is 20.7 Å². The number of hydrogen-bond acceptors (Lipinski definition) is 4. The van der Waals surface area contributed by atoms with E-state index in [9.17, 15) is 9.18 Å². The van der Waals surface area contributed by atoms with Crippen LogP contribution >= 0.6 is 0 Å². The Kier molecular flexibility index (Phi) is 4.49. The minimum absolute atomic E-state index is 0.240. The molecule has 0 saturated heterocycles. The number of carbonyl (C=O) groups excluding carboxylic acids is 1. The zero-order valence-corrected chi connectivity index (χ0v) is 14.2. The Morgan fingerprint density at radius 1 is 1.15 bits per heavy atom. The number of pyridine rings is 1. The average Bonchev–Trinajstić information content (AvgIpc) is 3.37. The molecule has 1 amide bonds. The van der Waals surface area contributed by atoms with Crippen LogP contribution < -0.4 is 5.32 Å². The highest BCUT2D eigenvalue weighted by Crippen LogP contribution is 2.23. The molecule has 1 N–H and O–H groups in total. The molecule has 0 saturated carbocycles. The smallest absolute Gasteiger partial charge is 0.272 e. The fourth-order valence-corrected chi connectivity index (χ4v) is 2.66. The first-order valence-electron chi connectivity index (χ1n) is 8.28. The number of nitrogens with zero attached hydrogens (tertiary/aromatic N) is 3. The number of furan rings is 1. The van der Waals surface area contributed by atoms with Crippen molar-refractivity contribution < 1.29 is 13.6 Å². The fourth-order valence-electron chi connectivity index (χ4n) is 2.66. The Morgan fingerprint density at radius 3 is 2.70 bits per heavy atom. The maximum absolute atomic E-state index is 13.3. The van der Waals surface area contributed by atoms with Crippen molar-refractivity contribution >= 4 is 5.91 Å². The quantitative estimate of drug-likeness (QED) is 0.589. The standard InChI is InChI=1S/C20H15FN4O2/c21-15-5-7-16(8-6-15)25-19(14-3-1-9-22-12-14)11-18(24-25)20(26)23-13-17-4-2-10-27-17/h1-12H,13H2,(H,23,26). The van der Waals surface area contributed by atoms with Crippen LogP contribution in [-0.2, 0) is 6.54 Å². The predicted molar refractivity (Wildman–Crippen MR) is 96.6 cm³/mol. The molecule has 3 heterocycles. The average molecular weight is 362 g/mol. The van der Waals surface area contributed by atoms with E-state index in [-0.39, 0.29) is 24.0 Å². The lowest BCUT2D eigenvalue weighted by molar-refractivity contribution is 0.0942. The fraction of sp³-hybridized carbons (Fsp3) is 0.0500. The largest absolute Gasteiger partial charge is 0.467 e. The van der Waals surface area contributed by atoms with E-state index < -0.39 is 0 Å². The van der Waals surface area contributed by atoms with Gasteiger partial charge in [0.05, 0.1) is 24.2 Å². The molecule has 0 fully saturated rings. The first kappa shape index (κ1) is 16.7. The topological polar surface area (TPSA) is 73.0 Å². The van der Waals surface area contributed by atoms with Crippen molar-refractivity contribution in [3.05, 3.63) is 90.5 Å². The molecule has 3 aromatic heterocycles. The van der Waals surface area contributed by atoms with E-state index in [0.29, 0.717) is 17.1 Å². The number of rotatable bonds is 5. The van der Waals surface area contributed by atoms with Crippen molar-refractivity contribution in [2.75, 3.05) is 0 Å². The van der Waals surface area contributed by atoms with Gasteiger partial charge in [-0.1, -0.05) is 0 Å². The second kappa shape index (κ2) is 7.25. The second-order valence-electron chi connectivity index (χ2n) is 5.81. The van der Waals surface area contributed by atoms with Crippen LogP contribution in [0.3, 0.4) is 0 Å². The zero-order chi connectivity index (χ0) is 18.6. The van der Waals surface area contributed by atoms with Crippen molar-refractivity contribution in [1.29, 1.82) is 0 Å². The maximum atomic E-state index is 13.3. The summed E-state index contributed by atoms with van der Waals surface area (Å²) in [7, 11) is 0. The first-order valence-corrected chi connectivity index (χ1v) is 8.28. The number of hydrogen-bond donors (Lipinski definition) is 1. The molecule has 0 aliphatic heterocycles. The maximum Gasteiger partial charge on any atom is 0.272 e. The van der Waals surface area contributed by atoms with Gasteiger partial charge in [0.1, 0.15) is 11.6 Å². The van der Waals surface area contributed by atoms with Gasteiger partial charge in [-0.3, -0.25) is 9.78 Å². The van der Waals surface area contributed by atoms with Crippen LogP contribution in [0.4, 0.5) is 4.39 Å². The molecule has 0 bridgehead atoms.